The molecular formula is C30H36F2N4O. The number of carbonyl (C=O) groups is 1. The molecule has 0 aromatic heterocycles. The number of nitrogens with two attached hydrogens (primary N) is 1. The van der Waals surface area contributed by atoms with Crippen LogP contribution in [-0.2, 0) is 10.3 Å². The van der Waals surface area contributed by atoms with Gasteiger partial charge in [0.05, 0.1) is 6.17 Å². The molecule has 2 atom stereocenters. The lowest BCUT2D eigenvalue weighted by Gasteiger charge is -2.33. The van der Waals surface area contributed by atoms with E-state index >= 15 is 0 Å². The van der Waals surface area contributed by atoms with Crippen molar-refractivity contribution in [2.24, 2.45) is 0 Å². The third-order valence-corrected chi connectivity index (χ3v) is 8.18. The molecule has 0 spiro atoms. The predicted octanol–water partition coefficient (Wildman–Crippen LogP) is 5.22. The van der Waals surface area contributed by atoms with E-state index in [-0.39, 0.29) is 30.1 Å². The molecule has 196 valence electrons. The first-order valence-corrected chi connectivity index (χ1v) is 13.3. The average Bonchev–Trinajstić information content (AvgIpc) is 3.15. The van der Waals surface area contributed by atoms with Gasteiger partial charge in [-0.2, -0.15) is 0 Å². The molecule has 0 radical (unpaired) electrons. The summed E-state index contributed by atoms with van der Waals surface area (Å²) >= 11 is 0. The van der Waals surface area contributed by atoms with Gasteiger partial charge in [0.2, 0.25) is 0 Å². The Morgan fingerprint density at radius 2 is 1.78 bits per heavy atom. The van der Waals surface area contributed by atoms with Crippen LogP contribution in [0.15, 0.2) is 72.1 Å². The number of hydrogen-bond acceptors (Lipinski definition) is 4. The van der Waals surface area contributed by atoms with Crippen molar-refractivity contribution in [1.82, 2.24) is 15.1 Å². The summed E-state index contributed by atoms with van der Waals surface area (Å²) in [6.07, 6.45) is 6.77. The van der Waals surface area contributed by atoms with Crippen LogP contribution in [0.25, 0.3) is 0 Å². The van der Waals surface area contributed by atoms with Crippen LogP contribution >= 0.6 is 0 Å². The van der Waals surface area contributed by atoms with Gasteiger partial charge in [0, 0.05) is 18.7 Å². The Morgan fingerprint density at radius 3 is 2.46 bits per heavy atom. The second-order valence-corrected chi connectivity index (χ2v) is 10.5. The first-order valence-electron chi connectivity index (χ1n) is 13.3. The van der Waals surface area contributed by atoms with Gasteiger partial charge in [-0.1, -0.05) is 30.3 Å². The van der Waals surface area contributed by atoms with Crippen LogP contribution in [0.4, 0.5) is 14.5 Å². The zero-order chi connectivity index (χ0) is 26.0. The van der Waals surface area contributed by atoms with E-state index in [9.17, 15) is 13.6 Å². The highest BCUT2D eigenvalue weighted by Crippen LogP contribution is 2.41. The molecule has 0 saturated carbocycles. The van der Waals surface area contributed by atoms with Gasteiger partial charge < -0.3 is 15.5 Å². The Hall–Kier alpha value is -3.03. The minimum atomic E-state index is -1.10. The summed E-state index contributed by atoms with van der Waals surface area (Å²) in [7, 11) is 0. The fraction of sp³-hybridized carbons (Fsp3) is 0.433. The van der Waals surface area contributed by atoms with E-state index in [0.717, 1.165) is 50.2 Å². The van der Waals surface area contributed by atoms with Crippen molar-refractivity contribution >= 4 is 11.6 Å². The van der Waals surface area contributed by atoms with Crippen molar-refractivity contribution in [1.29, 1.82) is 0 Å². The number of rotatable bonds is 7. The number of anilines is 1. The molecule has 2 unspecified atom stereocenters. The number of hydrogen-bond donors (Lipinski definition) is 2. The number of halogens is 2. The lowest BCUT2D eigenvalue weighted by atomic mass is 9.78. The Bertz CT molecular complexity index is 1190. The Kier molecular flexibility index (Phi) is 7.45. The summed E-state index contributed by atoms with van der Waals surface area (Å²) in [6, 6.07) is 14.3. The highest BCUT2D eigenvalue weighted by Gasteiger charge is 2.53. The average molecular weight is 507 g/mol. The lowest BCUT2D eigenvalue weighted by molar-refractivity contribution is -0.132. The van der Waals surface area contributed by atoms with Gasteiger partial charge in [0.15, 0.2) is 0 Å². The lowest BCUT2D eigenvalue weighted by Crippen LogP contribution is -2.46. The fourth-order valence-corrected chi connectivity index (χ4v) is 6.15. The normalized spacial score (nSPS) is 25.3. The summed E-state index contributed by atoms with van der Waals surface area (Å²) in [5.41, 5.74) is 8.53. The summed E-state index contributed by atoms with van der Waals surface area (Å²) in [4.78, 5) is 18.4. The molecule has 2 heterocycles. The van der Waals surface area contributed by atoms with Crippen LogP contribution in [-0.4, -0.2) is 48.1 Å². The molecule has 2 aromatic carbocycles. The summed E-state index contributed by atoms with van der Waals surface area (Å²) in [6.45, 7) is 5.61. The molecule has 1 amide bonds. The number of carbonyl (C=O) groups excluding carboxylic acids is 1. The van der Waals surface area contributed by atoms with Crippen LogP contribution in [0.5, 0.6) is 0 Å². The molecule has 0 bridgehead atoms. The molecule has 3 N–H and O–H groups in total. The van der Waals surface area contributed by atoms with Crippen LogP contribution < -0.4 is 11.1 Å². The third-order valence-electron chi connectivity index (χ3n) is 8.18. The number of nitrogens with zero attached hydrogens (tertiary/aromatic N) is 2. The highest BCUT2D eigenvalue weighted by molar-refractivity contribution is 5.94. The van der Waals surface area contributed by atoms with Crippen molar-refractivity contribution in [3.05, 3.63) is 89.0 Å². The number of nitrogens with one attached hydrogen (secondary N) is 1. The third kappa shape index (κ3) is 5.20. The zero-order valence-electron chi connectivity index (χ0n) is 21.4. The van der Waals surface area contributed by atoms with Gasteiger partial charge in [-0.25, -0.2) is 8.78 Å². The molecule has 3 aliphatic rings. The maximum Gasteiger partial charge on any atom is 0.253 e. The highest BCUT2D eigenvalue weighted by atomic mass is 19.1. The SMILES string of the molecule is CC1NC(C2=CC=C(F)CC2)(c2ccc(F)cc2)C(=O)N1CCCN1CCC(c2cccc(N)c2)CC1. The first-order chi connectivity index (χ1) is 17.9. The second-order valence-electron chi connectivity index (χ2n) is 10.5. The van der Waals surface area contributed by atoms with Crippen molar-refractivity contribution < 1.29 is 13.6 Å². The van der Waals surface area contributed by atoms with E-state index < -0.39 is 5.54 Å². The molecule has 7 heteroatoms. The van der Waals surface area contributed by atoms with E-state index in [1.165, 1.54) is 23.8 Å². The first kappa shape index (κ1) is 25.6. The van der Waals surface area contributed by atoms with Crippen molar-refractivity contribution in [3.63, 3.8) is 0 Å². The molecule has 5 nitrogen and oxygen atoms in total. The largest absolute Gasteiger partial charge is 0.399 e. The van der Waals surface area contributed by atoms with Gasteiger partial charge in [-0.15, -0.1) is 0 Å². The van der Waals surface area contributed by atoms with Gasteiger partial charge in [-0.05, 0) is 105 Å². The topological polar surface area (TPSA) is 61.6 Å². The van der Waals surface area contributed by atoms with Crippen LogP contribution in [0, 0.1) is 5.82 Å². The van der Waals surface area contributed by atoms with Gasteiger partial charge in [0.25, 0.3) is 5.91 Å². The van der Waals surface area contributed by atoms with E-state index in [1.54, 1.807) is 18.2 Å². The van der Waals surface area contributed by atoms with Gasteiger partial charge in [-0.3, -0.25) is 10.1 Å². The van der Waals surface area contributed by atoms with Crippen LogP contribution in [0.2, 0.25) is 0 Å². The number of amides is 1. The number of likely N-dealkylation sites (tertiary alicyclic amines) is 1. The molecular weight excluding hydrogens is 470 g/mol. The Labute approximate surface area is 218 Å². The van der Waals surface area contributed by atoms with E-state index in [2.05, 4.69) is 22.3 Å². The number of benzene rings is 2. The molecule has 2 fully saturated rings. The molecule has 2 aromatic rings. The minimum Gasteiger partial charge on any atom is -0.399 e. The quantitative estimate of drug-likeness (QED) is 0.505. The van der Waals surface area contributed by atoms with Crippen LogP contribution in [0.3, 0.4) is 0 Å². The van der Waals surface area contributed by atoms with Crippen molar-refractivity contribution in [3.8, 4) is 0 Å². The molecule has 2 saturated heterocycles. The predicted molar refractivity (Wildman–Crippen MR) is 143 cm³/mol. The van der Waals surface area contributed by atoms with E-state index in [0.29, 0.717) is 24.4 Å². The summed E-state index contributed by atoms with van der Waals surface area (Å²) in [5.74, 6) is -0.0396. The fourth-order valence-electron chi connectivity index (χ4n) is 6.15. The number of allylic oxidation sites excluding steroid dienone is 3. The smallest absolute Gasteiger partial charge is 0.253 e. The van der Waals surface area contributed by atoms with Crippen molar-refractivity contribution in [2.75, 3.05) is 31.9 Å². The van der Waals surface area contributed by atoms with Crippen molar-refractivity contribution in [2.45, 2.75) is 56.7 Å². The zero-order valence-corrected chi connectivity index (χ0v) is 21.4. The summed E-state index contributed by atoms with van der Waals surface area (Å²) in [5, 5.41) is 3.51. The number of piperidine rings is 1. The maximum atomic E-state index is 14.0. The number of nitrogen functional groups attached to an aromatic ring is 1. The van der Waals surface area contributed by atoms with Crippen LogP contribution in [0.1, 0.15) is 56.1 Å². The van der Waals surface area contributed by atoms with E-state index in [4.69, 9.17) is 5.73 Å². The Balaban J connectivity index is 1.24. The Morgan fingerprint density at radius 1 is 1.03 bits per heavy atom. The summed E-state index contributed by atoms with van der Waals surface area (Å²) < 4.78 is 27.5. The second kappa shape index (κ2) is 10.8. The maximum absolute atomic E-state index is 14.0. The molecule has 37 heavy (non-hydrogen) atoms. The monoisotopic (exact) mass is 506 g/mol. The minimum absolute atomic E-state index is 0.0473. The standard InChI is InChI=1S/C30H36F2N4O/c1-21-34-30(24-6-10-26(31)11-7-24,25-8-12-27(32)13-9-25)29(37)36(21)17-3-16-35-18-14-22(15-19-35)23-4-2-5-28(33)20-23/h2,4-8,10-12,20-22,34H,3,9,13-19,33H2,1H3. The molecule has 1 aliphatic carbocycles. The molecule has 5 rings (SSSR count). The van der Waals surface area contributed by atoms with Gasteiger partial charge >= 0.3 is 0 Å². The van der Waals surface area contributed by atoms with Gasteiger partial charge in [0.1, 0.15) is 17.2 Å². The molecule has 2 aliphatic heterocycles. The van der Waals surface area contributed by atoms with E-state index in [1.807, 2.05) is 24.0 Å².